The van der Waals surface area contributed by atoms with Crippen molar-refractivity contribution in [2.75, 3.05) is 33.4 Å². The Balaban J connectivity index is 2.11. The van der Waals surface area contributed by atoms with E-state index < -0.39 is 0 Å². The second kappa shape index (κ2) is 5.80. The van der Waals surface area contributed by atoms with Gasteiger partial charge in [0, 0.05) is 18.7 Å². The van der Waals surface area contributed by atoms with Crippen LogP contribution in [0.5, 0.6) is 0 Å². The number of nitrogens with zero attached hydrogens (tertiary/aromatic N) is 1. The molecule has 1 heterocycles. The predicted octanol–water partition coefficient (Wildman–Crippen LogP) is 0.747. The maximum absolute atomic E-state index is 12.3. The Kier molecular flexibility index (Phi) is 4.12. The summed E-state index contributed by atoms with van der Waals surface area (Å²) in [5, 5.41) is 3.10. The van der Waals surface area contributed by atoms with Gasteiger partial charge in [0.1, 0.15) is 0 Å². The van der Waals surface area contributed by atoms with Gasteiger partial charge in [-0.15, -0.1) is 0 Å². The smallest absolute Gasteiger partial charge is 0.254 e. The van der Waals surface area contributed by atoms with Gasteiger partial charge in [0.05, 0.1) is 19.3 Å². The zero-order valence-electron chi connectivity index (χ0n) is 10.1. The molecule has 1 N–H and O–H groups in total. The van der Waals surface area contributed by atoms with Crippen molar-refractivity contribution in [1.29, 1.82) is 0 Å². The average molecular weight is 234 g/mol. The summed E-state index contributed by atoms with van der Waals surface area (Å²) in [6, 6.07) is 9.53. The van der Waals surface area contributed by atoms with Crippen molar-refractivity contribution < 1.29 is 9.53 Å². The Labute approximate surface area is 102 Å². The van der Waals surface area contributed by atoms with Crippen LogP contribution >= 0.6 is 0 Å². The van der Waals surface area contributed by atoms with Crippen LogP contribution in [-0.4, -0.2) is 50.2 Å². The summed E-state index contributed by atoms with van der Waals surface area (Å²) < 4.78 is 5.42. The van der Waals surface area contributed by atoms with Crippen molar-refractivity contribution in [3.05, 3.63) is 35.9 Å². The van der Waals surface area contributed by atoms with E-state index in [0.29, 0.717) is 19.8 Å². The number of amides is 1. The van der Waals surface area contributed by atoms with E-state index in [0.717, 1.165) is 12.1 Å². The van der Waals surface area contributed by atoms with Gasteiger partial charge in [-0.3, -0.25) is 4.79 Å². The van der Waals surface area contributed by atoms with Gasteiger partial charge in [-0.1, -0.05) is 18.2 Å². The first-order valence-corrected chi connectivity index (χ1v) is 5.91. The fourth-order valence-electron chi connectivity index (χ4n) is 2.07. The number of hydrogen-bond acceptors (Lipinski definition) is 3. The molecule has 0 unspecified atom stereocenters. The first kappa shape index (κ1) is 12.1. The predicted molar refractivity (Wildman–Crippen MR) is 66.0 cm³/mol. The third-order valence-corrected chi connectivity index (χ3v) is 2.95. The highest BCUT2D eigenvalue weighted by Gasteiger charge is 2.27. The molecule has 0 radical (unpaired) electrons. The van der Waals surface area contributed by atoms with Crippen LogP contribution < -0.4 is 5.32 Å². The van der Waals surface area contributed by atoms with Crippen molar-refractivity contribution in [2.24, 2.45) is 0 Å². The molecule has 1 aliphatic heterocycles. The number of benzene rings is 1. The van der Waals surface area contributed by atoms with Crippen LogP contribution in [0.3, 0.4) is 0 Å². The molecular formula is C13H18N2O2. The van der Waals surface area contributed by atoms with Crippen molar-refractivity contribution >= 4 is 5.91 Å². The van der Waals surface area contributed by atoms with E-state index in [1.807, 2.05) is 42.3 Å². The van der Waals surface area contributed by atoms with E-state index in [2.05, 4.69) is 5.32 Å². The first-order valence-electron chi connectivity index (χ1n) is 5.91. The van der Waals surface area contributed by atoms with E-state index in [1.165, 1.54) is 0 Å². The minimum absolute atomic E-state index is 0.0918. The number of carbonyl (C=O) groups excluding carboxylic acids is 1. The average Bonchev–Trinajstić information content (AvgIpc) is 2.40. The Bertz CT molecular complexity index is 365. The fraction of sp³-hybridized carbons (Fsp3) is 0.462. The molecule has 0 spiro atoms. The van der Waals surface area contributed by atoms with Crippen LogP contribution in [0.1, 0.15) is 10.4 Å². The highest BCUT2D eigenvalue weighted by Crippen LogP contribution is 2.12. The maximum Gasteiger partial charge on any atom is 0.254 e. The number of hydrogen-bond donors (Lipinski definition) is 1. The molecule has 17 heavy (non-hydrogen) atoms. The lowest BCUT2D eigenvalue weighted by molar-refractivity contribution is -0.000974. The van der Waals surface area contributed by atoms with Gasteiger partial charge < -0.3 is 15.0 Å². The number of ether oxygens (including phenoxy) is 1. The summed E-state index contributed by atoms with van der Waals surface area (Å²) in [6.07, 6.45) is 0. The monoisotopic (exact) mass is 234 g/mol. The molecule has 1 saturated heterocycles. The highest BCUT2D eigenvalue weighted by molar-refractivity contribution is 5.94. The van der Waals surface area contributed by atoms with Gasteiger partial charge in [-0.2, -0.15) is 0 Å². The summed E-state index contributed by atoms with van der Waals surface area (Å²) >= 11 is 0. The molecule has 1 amide bonds. The Hall–Kier alpha value is -1.39. The SMILES string of the molecule is CNC[C@@H]1COCCN1C(=O)c1ccccc1. The lowest BCUT2D eigenvalue weighted by atomic mass is 10.1. The molecule has 1 aromatic rings. The third kappa shape index (κ3) is 2.84. The normalized spacial score (nSPS) is 20.3. The number of carbonyl (C=O) groups is 1. The second-order valence-electron chi connectivity index (χ2n) is 4.15. The van der Waals surface area contributed by atoms with Gasteiger partial charge in [0.15, 0.2) is 0 Å². The van der Waals surface area contributed by atoms with Crippen molar-refractivity contribution in [3.8, 4) is 0 Å². The van der Waals surface area contributed by atoms with Gasteiger partial charge in [0.25, 0.3) is 5.91 Å². The lowest BCUT2D eigenvalue weighted by Crippen LogP contribution is -2.52. The van der Waals surface area contributed by atoms with Crippen molar-refractivity contribution in [1.82, 2.24) is 10.2 Å². The first-order chi connectivity index (χ1) is 8.33. The van der Waals surface area contributed by atoms with E-state index in [9.17, 15) is 4.79 Å². The summed E-state index contributed by atoms with van der Waals surface area (Å²) in [4.78, 5) is 14.2. The Morgan fingerprint density at radius 3 is 2.94 bits per heavy atom. The second-order valence-corrected chi connectivity index (χ2v) is 4.15. The zero-order chi connectivity index (χ0) is 12.1. The van der Waals surface area contributed by atoms with E-state index in [1.54, 1.807) is 0 Å². The largest absolute Gasteiger partial charge is 0.377 e. The molecule has 0 aromatic heterocycles. The van der Waals surface area contributed by atoms with E-state index >= 15 is 0 Å². The van der Waals surface area contributed by atoms with Gasteiger partial charge in [-0.05, 0) is 19.2 Å². The summed E-state index contributed by atoms with van der Waals surface area (Å²) in [5.41, 5.74) is 0.746. The van der Waals surface area contributed by atoms with Crippen LogP contribution in [0.4, 0.5) is 0 Å². The molecule has 92 valence electrons. The molecule has 0 bridgehead atoms. The molecule has 4 nitrogen and oxygen atoms in total. The molecule has 0 saturated carbocycles. The van der Waals surface area contributed by atoms with Crippen LogP contribution in [0.15, 0.2) is 30.3 Å². The van der Waals surface area contributed by atoms with E-state index in [-0.39, 0.29) is 11.9 Å². The van der Waals surface area contributed by atoms with Gasteiger partial charge in [0.2, 0.25) is 0 Å². The Morgan fingerprint density at radius 2 is 2.24 bits per heavy atom. The number of likely N-dealkylation sites (N-methyl/N-ethyl adjacent to an activating group) is 1. The standard InChI is InChI=1S/C13H18N2O2/c1-14-9-12-10-17-8-7-15(12)13(16)11-5-3-2-4-6-11/h2-6,12,14H,7-10H2,1H3/t12-/m1/s1. The highest BCUT2D eigenvalue weighted by atomic mass is 16.5. The lowest BCUT2D eigenvalue weighted by Gasteiger charge is -2.35. The van der Waals surface area contributed by atoms with Gasteiger partial charge in [-0.25, -0.2) is 0 Å². The van der Waals surface area contributed by atoms with Crippen molar-refractivity contribution in [2.45, 2.75) is 6.04 Å². The maximum atomic E-state index is 12.3. The number of rotatable bonds is 3. The van der Waals surface area contributed by atoms with E-state index in [4.69, 9.17) is 4.74 Å². The number of morpholine rings is 1. The minimum Gasteiger partial charge on any atom is -0.377 e. The quantitative estimate of drug-likeness (QED) is 0.839. The van der Waals surface area contributed by atoms with Crippen LogP contribution in [0.2, 0.25) is 0 Å². The fourth-order valence-corrected chi connectivity index (χ4v) is 2.07. The number of nitrogens with one attached hydrogen (secondary N) is 1. The van der Waals surface area contributed by atoms with Crippen LogP contribution in [-0.2, 0) is 4.74 Å². The summed E-state index contributed by atoms with van der Waals surface area (Å²) in [7, 11) is 1.89. The van der Waals surface area contributed by atoms with Crippen molar-refractivity contribution in [3.63, 3.8) is 0 Å². The summed E-state index contributed by atoms with van der Waals surface area (Å²) in [5.74, 6) is 0.0918. The molecule has 1 atom stereocenters. The third-order valence-electron chi connectivity index (χ3n) is 2.95. The molecule has 0 aliphatic carbocycles. The zero-order valence-corrected chi connectivity index (χ0v) is 10.1. The van der Waals surface area contributed by atoms with Crippen LogP contribution in [0.25, 0.3) is 0 Å². The molecule has 1 aliphatic rings. The molecule has 1 aromatic carbocycles. The minimum atomic E-state index is 0.0918. The molecule has 1 fully saturated rings. The molecule has 4 heteroatoms. The topological polar surface area (TPSA) is 41.6 Å². The summed E-state index contributed by atoms with van der Waals surface area (Å²) in [6.45, 7) is 2.66. The van der Waals surface area contributed by atoms with Gasteiger partial charge >= 0.3 is 0 Å². The van der Waals surface area contributed by atoms with Crippen LogP contribution in [0, 0.1) is 0 Å². The molecular weight excluding hydrogens is 216 g/mol. The Morgan fingerprint density at radius 1 is 1.47 bits per heavy atom. The molecule has 2 rings (SSSR count).